The van der Waals surface area contributed by atoms with Crippen molar-refractivity contribution in [3.8, 4) is 0 Å². The molecular weight excluding hydrogens is 303 g/mol. The number of nitrogens with one attached hydrogen (secondary N) is 1. The highest BCUT2D eigenvalue weighted by molar-refractivity contribution is 7.98. The Bertz CT molecular complexity index is 492. The number of thioether (sulfide) groups is 1. The molecule has 0 saturated carbocycles. The molecule has 0 aliphatic rings. The van der Waals surface area contributed by atoms with E-state index < -0.39 is 18.3 Å². The van der Waals surface area contributed by atoms with Crippen molar-refractivity contribution in [2.45, 2.75) is 25.7 Å². The Morgan fingerprint density at radius 3 is 2.74 bits per heavy atom. The van der Waals surface area contributed by atoms with Crippen molar-refractivity contribution < 1.29 is 13.2 Å². The number of rotatable bonds is 5. The fraction of sp³-hybridized carbons (Fsp3) is 0.600. The van der Waals surface area contributed by atoms with Crippen molar-refractivity contribution in [2.24, 2.45) is 0 Å². The predicted octanol–water partition coefficient (Wildman–Crippen LogP) is 2.62. The van der Waals surface area contributed by atoms with E-state index in [-0.39, 0.29) is 16.8 Å². The number of alkyl halides is 3. The maximum atomic E-state index is 12.2. The molecule has 0 fully saturated rings. The lowest BCUT2D eigenvalue weighted by atomic mass is 10.3. The van der Waals surface area contributed by atoms with Crippen molar-refractivity contribution in [3.05, 3.63) is 21.6 Å². The number of hydrogen-bond donors (Lipinski definition) is 1. The van der Waals surface area contributed by atoms with E-state index in [1.807, 2.05) is 13.2 Å². The molecule has 1 aromatic rings. The lowest BCUT2D eigenvalue weighted by Crippen LogP contribution is -2.31. The average Bonchev–Trinajstić information content (AvgIpc) is 2.28. The first-order valence-electron chi connectivity index (χ1n) is 5.32. The van der Waals surface area contributed by atoms with Gasteiger partial charge in [-0.05, 0) is 13.2 Å². The van der Waals surface area contributed by atoms with Crippen LogP contribution in [0.25, 0.3) is 0 Å². The Kier molecular flexibility index (Phi) is 5.54. The minimum absolute atomic E-state index is 0.0205. The second-order valence-electron chi connectivity index (χ2n) is 3.95. The summed E-state index contributed by atoms with van der Waals surface area (Å²) in [5.41, 5.74) is -0.716. The molecular formula is C10H13ClF3N3OS. The molecule has 0 bridgehead atoms. The molecule has 1 rings (SSSR count). The van der Waals surface area contributed by atoms with Gasteiger partial charge in [0, 0.05) is 11.8 Å². The maximum absolute atomic E-state index is 12.2. The first kappa shape index (κ1) is 16.2. The van der Waals surface area contributed by atoms with Crippen LogP contribution in [-0.4, -0.2) is 34.0 Å². The highest BCUT2D eigenvalue weighted by Crippen LogP contribution is 2.20. The molecule has 108 valence electrons. The Hall–Kier alpha value is -0.890. The molecule has 0 spiro atoms. The Balaban J connectivity index is 2.95. The van der Waals surface area contributed by atoms with E-state index in [0.29, 0.717) is 4.68 Å². The number of anilines is 1. The molecule has 0 aliphatic heterocycles. The standard InChI is InChI=1S/C10H13ClF3N3OS/c1-6(4-19-2)16-7-3-15-17(5-10(12,13)14)9(18)8(7)11/h3,6,16H,4-5H2,1-2H3. The second-order valence-corrected chi connectivity index (χ2v) is 5.24. The third-order valence-electron chi connectivity index (χ3n) is 2.13. The number of halogens is 4. The zero-order valence-electron chi connectivity index (χ0n) is 10.3. The van der Waals surface area contributed by atoms with E-state index in [9.17, 15) is 18.0 Å². The number of nitrogens with zero attached hydrogens (tertiary/aromatic N) is 2. The second kappa shape index (κ2) is 6.51. The smallest absolute Gasteiger partial charge is 0.379 e. The van der Waals surface area contributed by atoms with E-state index in [2.05, 4.69) is 10.4 Å². The normalized spacial score (nSPS) is 13.4. The third kappa shape index (κ3) is 4.94. The molecule has 19 heavy (non-hydrogen) atoms. The van der Waals surface area contributed by atoms with Crippen LogP contribution in [0.15, 0.2) is 11.0 Å². The molecule has 4 nitrogen and oxygen atoms in total. The van der Waals surface area contributed by atoms with Crippen molar-refractivity contribution in [1.82, 2.24) is 9.78 Å². The van der Waals surface area contributed by atoms with Crippen LogP contribution in [0.2, 0.25) is 5.02 Å². The summed E-state index contributed by atoms with van der Waals surface area (Å²) in [6.07, 6.45) is -1.47. The van der Waals surface area contributed by atoms with Gasteiger partial charge in [0.2, 0.25) is 0 Å². The minimum Gasteiger partial charge on any atom is -0.379 e. The summed E-state index contributed by atoms with van der Waals surface area (Å²) in [6.45, 7) is 0.417. The molecule has 0 aliphatic carbocycles. The van der Waals surface area contributed by atoms with Crippen LogP contribution in [0.3, 0.4) is 0 Å². The largest absolute Gasteiger partial charge is 0.408 e. The van der Waals surface area contributed by atoms with Crippen molar-refractivity contribution in [2.75, 3.05) is 17.3 Å². The van der Waals surface area contributed by atoms with Crippen LogP contribution in [0.1, 0.15) is 6.92 Å². The van der Waals surface area contributed by atoms with Gasteiger partial charge >= 0.3 is 6.18 Å². The van der Waals surface area contributed by atoms with Gasteiger partial charge in [-0.15, -0.1) is 0 Å². The van der Waals surface area contributed by atoms with Crippen LogP contribution in [-0.2, 0) is 6.54 Å². The van der Waals surface area contributed by atoms with Gasteiger partial charge in [-0.1, -0.05) is 11.6 Å². The first-order valence-corrected chi connectivity index (χ1v) is 7.09. The Morgan fingerprint density at radius 2 is 2.21 bits per heavy atom. The van der Waals surface area contributed by atoms with Crippen LogP contribution >= 0.6 is 23.4 Å². The lowest BCUT2D eigenvalue weighted by Gasteiger charge is -2.15. The molecule has 1 atom stereocenters. The van der Waals surface area contributed by atoms with Gasteiger partial charge in [-0.3, -0.25) is 4.79 Å². The van der Waals surface area contributed by atoms with Gasteiger partial charge < -0.3 is 5.32 Å². The van der Waals surface area contributed by atoms with Crippen LogP contribution in [0.4, 0.5) is 18.9 Å². The van der Waals surface area contributed by atoms with Gasteiger partial charge in [-0.2, -0.15) is 30.0 Å². The zero-order chi connectivity index (χ0) is 14.6. The van der Waals surface area contributed by atoms with Crippen molar-refractivity contribution in [1.29, 1.82) is 0 Å². The Labute approximate surface area is 117 Å². The quantitative estimate of drug-likeness (QED) is 0.907. The summed E-state index contributed by atoms with van der Waals surface area (Å²) >= 11 is 7.35. The molecule has 0 aromatic carbocycles. The van der Waals surface area contributed by atoms with Crippen LogP contribution < -0.4 is 10.9 Å². The van der Waals surface area contributed by atoms with Crippen LogP contribution in [0, 0.1) is 0 Å². The predicted molar refractivity (Wildman–Crippen MR) is 71.0 cm³/mol. The fourth-order valence-corrected chi connectivity index (χ4v) is 2.19. The summed E-state index contributed by atoms with van der Waals surface area (Å²) < 4.78 is 36.9. The molecule has 0 saturated heterocycles. The van der Waals surface area contributed by atoms with Crippen molar-refractivity contribution in [3.63, 3.8) is 0 Å². The van der Waals surface area contributed by atoms with Gasteiger partial charge in [0.05, 0.1) is 11.9 Å². The molecule has 0 radical (unpaired) electrons. The van der Waals surface area contributed by atoms with Gasteiger partial charge in [0.15, 0.2) is 0 Å². The summed E-state index contributed by atoms with van der Waals surface area (Å²) in [5.74, 6) is 0.766. The van der Waals surface area contributed by atoms with E-state index in [4.69, 9.17) is 11.6 Å². The third-order valence-corrected chi connectivity index (χ3v) is 3.33. The zero-order valence-corrected chi connectivity index (χ0v) is 11.9. The highest BCUT2D eigenvalue weighted by Gasteiger charge is 2.29. The molecule has 1 unspecified atom stereocenters. The summed E-state index contributed by atoms with van der Waals surface area (Å²) in [5, 5.41) is 6.12. The summed E-state index contributed by atoms with van der Waals surface area (Å²) in [6, 6.07) is 0.0205. The number of hydrogen-bond acceptors (Lipinski definition) is 4. The molecule has 9 heteroatoms. The van der Waals surface area contributed by atoms with Gasteiger partial charge in [0.1, 0.15) is 11.6 Å². The van der Waals surface area contributed by atoms with E-state index in [1.54, 1.807) is 11.8 Å². The minimum atomic E-state index is -4.51. The SMILES string of the molecule is CSCC(C)Nc1cnn(CC(F)(F)F)c(=O)c1Cl. The highest BCUT2D eigenvalue weighted by atomic mass is 35.5. The maximum Gasteiger partial charge on any atom is 0.408 e. The molecule has 1 aromatic heterocycles. The van der Waals surface area contributed by atoms with Crippen LogP contribution in [0.5, 0.6) is 0 Å². The lowest BCUT2D eigenvalue weighted by molar-refractivity contribution is -0.143. The Morgan fingerprint density at radius 1 is 1.58 bits per heavy atom. The van der Waals surface area contributed by atoms with E-state index >= 15 is 0 Å². The topological polar surface area (TPSA) is 46.9 Å². The van der Waals surface area contributed by atoms with Crippen molar-refractivity contribution >= 4 is 29.1 Å². The van der Waals surface area contributed by atoms with E-state index in [0.717, 1.165) is 11.9 Å². The molecule has 1 N–H and O–H groups in total. The first-order chi connectivity index (χ1) is 8.74. The monoisotopic (exact) mass is 315 g/mol. The average molecular weight is 316 g/mol. The summed E-state index contributed by atoms with van der Waals surface area (Å²) in [7, 11) is 0. The van der Waals surface area contributed by atoms with E-state index in [1.165, 1.54) is 0 Å². The molecule has 1 heterocycles. The summed E-state index contributed by atoms with van der Waals surface area (Å²) in [4.78, 5) is 11.6. The van der Waals surface area contributed by atoms with Gasteiger partial charge in [-0.25, -0.2) is 4.68 Å². The van der Waals surface area contributed by atoms with Gasteiger partial charge in [0.25, 0.3) is 5.56 Å². The number of aromatic nitrogens is 2. The fourth-order valence-electron chi connectivity index (χ4n) is 1.41. The molecule has 0 amide bonds.